The second kappa shape index (κ2) is 8.44. The number of hydrogen-bond donors (Lipinski definition) is 0. The van der Waals surface area contributed by atoms with Crippen LogP contribution in [0.25, 0.3) is 69.9 Å². The summed E-state index contributed by atoms with van der Waals surface area (Å²) < 4.78 is 5.07. The number of rotatable bonds is 3. The minimum absolute atomic E-state index is 1.18. The molecule has 0 atom stereocenters. The van der Waals surface area contributed by atoms with Crippen molar-refractivity contribution < 1.29 is 0 Å². The molecule has 0 radical (unpaired) electrons. The van der Waals surface area contributed by atoms with Crippen LogP contribution >= 0.6 is 11.3 Å². The van der Waals surface area contributed by atoms with Gasteiger partial charge in [-0.05, 0) is 52.6 Å². The predicted molar refractivity (Wildman–Crippen MR) is 165 cm³/mol. The molecule has 38 heavy (non-hydrogen) atoms. The summed E-state index contributed by atoms with van der Waals surface area (Å²) in [6.07, 6.45) is 0. The van der Waals surface area contributed by atoms with Crippen LogP contribution in [0.15, 0.2) is 140 Å². The maximum Gasteiger partial charge on any atom is 0.0541 e. The normalized spacial score (nSPS) is 11.7. The molecule has 2 heterocycles. The minimum Gasteiger partial charge on any atom is -0.309 e. The molecule has 0 amide bonds. The summed E-state index contributed by atoms with van der Waals surface area (Å²) in [5.74, 6) is 0. The molecule has 0 unspecified atom stereocenters. The third-order valence-corrected chi connectivity index (χ3v) is 8.86. The van der Waals surface area contributed by atoms with E-state index >= 15 is 0 Å². The van der Waals surface area contributed by atoms with Gasteiger partial charge in [0.05, 0.1) is 11.0 Å². The lowest BCUT2D eigenvalue weighted by molar-refractivity contribution is 1.18. The van der Waals surface area contributed by atoms with Gasteiger partial charge in [0.2, 0.25) is 0 Å². The van der Waals surface area contributed by atoms with Crippen LogP contribution in [0.4, 0.5) is 0 Å². The second-order valence-electron chi connectivity index (χ2n) is 9.77. The van der Waals surface area contributed by atoms with E-state index < -0.39 is 0 Å². The molecule has 2 aromatic heterocycles. The van der Waals surface area contributed by atoms with Gasteiger partial charge in [-0.3, -0.25) is 0 Å². The summed E-state index contributed by atoms with van der Waals surface area (Å²) in [7, 11) is 0. The molecule has 0 fully saturated rings. The molecule has 8 rings (SSSR count). The van der Waals surface area contributed by atoms with Crippen molar-refractivity contribution in [1.82, 2.24) is 4.57 Å². The monoisotopic (exact) mass is 501 g/mol. The van der Waals surface area contributed by atoms with Crippen LogP contribution in [-0.4, -0.2) is 4.57 Å². The van der Waals surface area contributed by atoms with Gasteiger partial charge in [0.15, 0.2) is 0 Å². The van der Waals surface area contributed by atoms with E-state index in [1.54, 1.807) is 0 Å². The Balaban J connectivity index is 1.17. The fourth-order valence-corrected chi connectivity index (χ4v) is 7.06. The van der Waals surface area contributed by atoms with E-state index in [0.717, 1.165) is 0 Å². The predicted octanol–water partition coefficient (Wildman–Crippen LogP) is 10.5. The lowest BCUT2D eigenvalue weighted by atomic mass is 9.99. The Hall–Kier alpha value is -4.66. The molecule has 0 N–H and O–H groups in total. The largest absolute Gasteiger partial charge is 0.309 e. The molecular weight excluding hydrogens is 478 g/mol. The van der Waals surface area contributed by atoms with Crippen molar-refractivity contribution >= 4 is 53.3 Å². The third-order valence-electron chi connectivity index (χ3n) is 7.64. The number of thiophene rings is 1. The van der Waals surface area contributed by atoms with Crippen LogP contribution in [0.2, 0.25) is 0 Å². The average molecular weight is 502 g/mol. The molecule has 0 saturated heterocycles. The Bertz CT molecular complexity index is 2060. The highest BCUT2D eigenvalue weighted by Gasteiger charge is 2.12. The van der Waals surface area contributed by atoms with Gasteiger partial charge < -0.3 is 4.57 Å². The molecule has 0 aliphatic heterocycles. The van der Waals surface area contributed by atoms with E-state index in [1.807, 2.05) is 11.3 Å². The summed E-state index contributed by atoms with van der Waals surface area (Å²) in [5.41, 5.74) is 8.67. The molecule has 8 aromatic rings. The standard InChI is InChI=1S/C36H23NS/c1-4-13-33-29(8-1)30-9-2-5-14-34(30)37(33)27-22-20-25(21-23-27)24-16-18-26(19-17-24)28-11-7-12-32-31-10-3-6-15-35(31)38-36(28)32/h1-23H. The van der Waals surface area contributed by atoms with Gasteiger partial charge in [-0.25, -0.2) is 0 Å². The number of hydrogen-bond acceptors (Lipinski definition) is 1. The Kier molecular flexibility index (Phi) is 4.76. The van der Waals surface area contributed by atoms with Gasteiger partial charge in [-0.15, -0.1) is 11.3 Å². The lowest BCUT2D eigenvalue weighted by Crippen LogP contribution is -1.93. The molecule has 178 valence electrons. The van der Waals surface area contributed by atoms with E-state index in [9.17, 15) is 0 Å². The Labute approximate surface area is 224 Å². The van der Waals surface area contributed by atoms with Crippen LogP contribution in [-0.2, 0) is 0 Å². The summed E-state index contributed by atoms with van der Waals surface area (Å²) >= 11 is 1.88. The van der Waals surface area contributed by atoms with Crippen molar-refractivity contribution in [3.8, 4) is 27.9 Å². The summed E-state index contributed by atoms with van der Waals surface area (Å²) in [5, 5.41) is 5.26. The highest BCUT2D eigenvalue weighted by Crippen LogP contribution is 2.40. The topological polar surface area (TPSA) is 4.93 Å². The van der Waals surface area contributed by atoms with Crippen LogP contribution in [0.3, 0.4) is 0 Å². The summed E-state index contributed by atoms with van der Waals surface area (Å²) in [6.45, 7) is 0. The second-order valence-corrected chi connectivity index (χ2v) is 10.8. The first-order chi connectivity index (χ1) is 18.8. The van der Waals surface area contributed by atoms with Crippen molar-refractivity contribution in [3.63, 3.8) is 0 Å². The van der Waals surface area contributed by atoms with Crippen molar-refractivity contribution in [1.29, 1.82) is 0 Å². The van der Waals surface area contributed by atoms with E-state index in [4.69, 9.17) is 0 Å². The quantitative estimate of drug-likeness (QED) is 0.227. The highest BCUT2D eigenvalue weighted by molar-refractivity contribution is 7.26. The van der Waals surface area contributed by atoms with Crippen molar-refractivity contribution in [2.24, 2.45) is 0 Å². The van der Waals surface area contributed by atoms with Crippen LogP contribution in [0.1, 0.15) is 0 Å². The number of aromatic nitrogens is 1. The van der Waals surface area contributed by atoms with Crippen LogP contribution < -0.4 is 0 Å². The third kappa shape index (κ3) is 3.24. The SMILES string of the molecule is c1ccc2c(c1)sc1c(-c3ccc(-c4ccc(-n5c6ccccc6c6ccccc65)cc4)cc3)cccc12. The van der Waals surface area contributed by atoms with Gasteiger partial charge in [0.1, 0.15) is 0 Å². The van der Waals surface area contributed by atoms with Gasteiger partial charge in [-0.1, -0.05) is 109 Å². The zero-order valence-electron chi connectivity index (χ0n) is 20.6. The first-order valence-electron chi connectivity index (χ1n) is 12.9. The van der Waals surface area contributed by atoms with E-state index in [2.05, 4.69) is 144 Å². The first-order valence-corrected chi connectivity index (χ1v) is 13.8. The maximum absolute atomic E-state index is 2.36. The zero-order chi connectivity index (χ0) is 25.1. The Morgan fingerprint density at radius 1 is 0.395 bits per heavy atom. The van der Waals surface area contributed by atoms with E-state index in [-0.39, 0.29) is 0 Å². The molecule has 0 bridgehead atoms. The van der Waals surface area contributed by atoms with Gasteiger partial charge in [0.25, 0.3) is 0 Å². The fourth-order valence-electron chi connectivity index (χ4n) is 5.82. The van der Waals surface area contributed by atoms with Crippen molar-refractivity contribution in [2.45, 2.75) is 0 Å². The van der Waals surface area contributed by atoms with Crippen molar-refractivity contribution in [3.05, 3.63) is 140 Å². The summed E-state index contributed by atoms with van der Waals surface area (Å²) in [4.78, 5) is 0. The van der Waals surface area contributed by atoms with Crippen LogP contribution in [0, 0.1) is 0 Å². The fraction of sp³-hybridized carbons (Fsp3) is 0. The number of benzene rings is 6. The highest BCUT2D eigenvalue weighted by atomic mass is 32.1. The van der Waals surface area contributed by atoms with Gasteiger partial charge in [0, 0.05) is 36.6 Å². The Morgan fingerprint density at radius 3 is 1.61 bits per heavy atom. The Morgan fingerprint density at radius 2 is 0.921 bits per heavy atom. The molecule has 0 aliphatic carbocycles. The van der Waals surface area contributed by atoms with Gasteiger partial charge in [-0.2, -0.15) is 0 Å². The van der Waals surface area contributed by atoms with Gasteiger partial charge >= 0.3 is 0 Å². The van der Waals surface area contributed by atoms with Crippen molar-refractivity contribution in [2.75, 3.05) is 0 Å². The average Bonchev–Trinajstić information content (AvgIpc) is 3.53. The molecule has 2 heteroatoms. The number of fused-ring (bicyclic) bond motifs is 6. The number of para-hydroxylation sites is 2. The molecule has 6 aromatic carbocycles. The smallest absolute Gasteiger partial charge is 0.0541 e. The summed E-state index contributed by atoms with van der Waals surface area (Å²) in [6, 6.07) is 50.6. The minimum atomic E-state index is 1.18. The maximum atomic E-state index is 2.36. The van der Waals surface area contributed by atoms with E-state index in [0.29, 0.717) is 0 Å². The van der Waals surface area contributed by atoms with E-state index in [1.165, 1.54) is 69.9 Å². The first kappa shape index (κ1) is 21.4. The lowest BCUT2D eigenvalue weighted by Gasteiger charge is -2.10. The molecule has 0 aliphatic rings. The molecular formula is C36H23NS. The molecule has 1 nitrogen and oxygen atoms in total. The molecule has 0 saturated carbocycles. The molecule has 0 spiro atoms. The van der Waals surface area contributed by atoms with Crippen LogP contribution in [0.5, 0.6) is 0 Å². The number of nitrogens with zero attached hydrogens (tertiary/aromatic N) is 1. The zero-order valence-corrected chi connectivity index (χ0v) is 21.5.